The van der Waals surface area contributed by atoms with Gasteiger partial charge in [0.2, 0.25) is 5.91 Å². The van der Waals surface area contributed by atoms with Crippen molar-refractivity contribution in [2.75, 3.05) is 5.32 Å². The Morgan fingerprint density at radius 1 is 1.12 bits per heavy atom. The first-order valence-corrected chi connectivity index (χ1v) is 9.27. The molecule has 4 saturated carbocycles. The van der Waals surface area contributed by atoms with Crippen LogP contribution < -0.4 is 5.32 Å². The number of alkyl halides is 3. The van der Waals surface area contributed by atoms with E-state index in [4.69, 9.17) is 11.6 Å². The van der Waals surface area contributed by atoms with Crippen LogP contribution in [0.1, 0.15) is 50.5 Å². The Balaban J connectivity index is 1.44. The summed E-state index contributed by atoms with van der Waals surface area (Å²) in [5.41, 5.74) is -0.460. The first-order valence-electron chi connectivity index (χ1n) is 8.89. The largest absolute Gasteiger partial charge is 0.416 e. The summed E-state index contributed by atoms with van der Waals surface area (Å²) in [6.07, 6.45) is 3.30. The maximum absolute atomic E-state index is 12.7. The maximum Gasteiger partial charge on any atom is 0.416 e. The van der Waals surface area contributed by atoms with Crippen LogP contribution >= 0.6 is 11.6 Å². The minimum atomic E-state index is -4.44. The van der Waals surface area contributed by atoms with Crippen molar-refractivity contribution in [2.45, 2.75) is 51.1 Å². The molecule has 1 aromatic rings. The summed E-state index contributed by atoms with van der Waals surface area (Å²) >= 11 is 5.94. The fourth-order valence-corrected chi connectivity index (χ4v) is 6.06. The minimum absolute atomic E-state index is 0.0753. The average Bonchev–Trinajstić information content (AvgIpc) is 2.46. The SMILES string of the molecule is O=C(CC12CC3CC(CC(C3)C1)C2)Nc1ccc(C(F)(F)F)cc1Cl. The lowest BCUT2D eigenvalue weighted by Crippen LogP contribution is -2.47. The van der Waals surface area contributed by atoms with Gasteiger partial charge in [0.05, 0.1) is 16.3 Å². The van der Waals surface area contributed by atoms with Crippen LogP contribution in [0.5, 0.6) is 0 Å². The molecule has 2 nitrogen and oxygen atoms in total. The van der Waals surface area contributed by atoms with Gasteiger partial charge >= 0.3 is 6.18 Å². The lowest BCUT2D eigenvalue weighted by atomic mass is 9.49. The first-order chi connectivity index (χ1) is 11.7. The molecule has 0 unspecified atom stereocenters. The Morgan fingerprint density at radius 3 is 2.16 bits per heavy atom. The van der Waals surface area contributed by atoms with Gasteiger partial charge in [-0.25, -0.2) is 0 Å². The highest BCUT2D eigenvalue weighted by Crippen LogP contribution is 2.61. The second-order valence-corrected chi connectivity index (χ2v) is 8.74. The molecular weight excluding hydrogens is 351 g/mol. The molecule has 4 fully saturated rings. The standard InChI is InChI=1S/C19H21ClF3NO/c20-15-6-14(19(21,22)23)1-2-16(15)24-17(25)10-18-7-11-3-12(8-18)5-13(4-11)9-18/h1-2,6,11-13H,3-5,7-10H2,(H,24,25). The molecule has 4 aliphatic rings. The van der Waals surface area contributed by atoms with Crippen LogP contribution in [-0.2, 0) is 11.0 Å². The van der Waals surface area contributed by atoms with Crippen molar-refractivity contribution in [2.24, 2.45) is 23.2 Å². The quantitative estimate of drug-likeness (QED) is 0.703. The number of halogens is 4. The van der Waals surface area contributed by atoms with Gasteiger partial charge in [-0.05, 0) is 79.9 Å². The van der Waals surface area contributed by atoms with Crippen molar-refractivity contribution in [3.63, 3.8) is 0 Å². The molecular formula is C19H21ClF3NO. The summed E-state index contributed by atoms with van der Waals surface area (Å²) in [6.45, 7) is 0. The Hall–Kier alpha value is -1.23. The number of benzene rings is 1. The fraction of sp³-hybridized carbons (Fsp3) is 0.632. The summed E-state index contributed by atoms with van der Waals surface area (Å²) < 4.78 is 38.1. The highest BCUT2D eigenvalue weighted by atomic mass is 35.5. The third-order valence-electron chi connectivity index (χ3n) is 6.27. The number of anilines is 1. The van der Waals surface area contributed by atoms with Crippen LogP contribution in [0.25, 0.3) is 0 Å². The molecule has 1 N–H and O–H groups in total. The van der Waals surface area contributed by atoms with E-state index >= 15 is 0 Å². The van der Waals surface area contributed by atoms with E-state index in [1.165, 1.54) is 25.3 Å². The van der Waals surface area contributed by atoms with Crippen LogP contribution in [0.4, 0.5) is 18.9 Å². The van der Waals surface area contributed by atoms with E-state index in [0.717, 1.165) is 49.1 Å². The number of carbonyl (C=O) groups is 1. The van der Waals surface area contributed by atoms with Crippen molar-refractivity contribution < 1.29 is 18.0 Å². The molecule has 136 valence electrons. The topological polar surface area (TPSA) is 29.1 Å². The van der Waals surface area contributed by atoms with Crippen molar-refractivity contribution in [1.82, 2.24) is 0 Å². The number of hydrogen-bond donors (Lipinski definition) is 1. The number of rotatable bonds is 3. The van der Waals surface area contributed by atoms with Crippen LogP contribution in [0.15, 0.2) is 18.2 Å². The van der Waals surface area contributed by atoms with Crippen molar-refractivity contribution >= 4 is 23.2 Å². The van der Waals surface area contributed by atoms with Gasteiger partial charge in [-0.3, -0.25) is 4.79 Å². The maximum atomic E-state index is 12.7. The molecule has 0 atom stereocenters. The number of amides is 1. The molecule has 0 saturated heterocycles. The predicted molar refractivity (Wildman–Crippen MR) is 90.3 cm³/mol. The van der Waals surface area contributed by atoms with Gasteiger partial charge < -0.3 is 5.32 Å². The molecule has 0 radical (unpaired) electrons. The van der Waals surface area contributed by atoms with Gasteiger partial charge in [0.25, 0.3) is 0 Å². The molecule has 0 aliphatic heterocycles. The highest BCUT2D eigenvalue weighted by Gasteiger charge is 2.51. The van der Waals surface area contributed by atoms with Crippen LogP contribution in [0, 0.1) is 23.2 Å². The molecule has 4 aliphatic carbocycles. The van der Waals surface area contributed by atoms with Gasteiger partial charge in [-0.2, -0.15) is 13.2 Å². The Kier molecular flexibility index (Phi) is 4.06. The Labute approximate surface area is 150 Å². The Bertz CT molecular complexity index is 665. The van der Waals surface area contributed by atoms with E-state index in [9.17, 15) is 18.0 Å². The van der Waals surface area contributed by atoms with Gasteiger partial charge in [0, 0.05) is 6.42 Å². The van der Waals surface area contributed by atoms with Gasteiger partial charge in [0.1, 0.15) is 0 Å². The van der Waals surface area contributed by atoms with Crippen molar-refractivity contribution in [3.05, 3.63) is 28.8 Å². The predicted octanol–water partition coefficient (Wildman–Crippen LogP) is 5.90. The number of hydrogen-bond acceptors (Lipinski definition) is 1. The van der Waals surface area contributed by atoms with Gasteiger partial charge in [0.15, 0.2) is 0 Å². The van der Waals surface area contributed by atoms with E-state index in [1.807, 2.05) is 0 Å². The van der Waals surface area contributed by atoms with E-state index < -0.39 is 11.7 Å². The summed E-state index contributed by atoms with van der Waals surface area (Å²) in [5, 5.41) is 2.65. The van der Waals surface area contributed by atoms with E-state index in [1.54, 1.807) is 0 Å². The van der Waals surface area contributed by atoms with E-state index in [-0.39, 0.29) is 22.0 Å². The molecule has 0 aromatic heterocycles. The normalized spacial score (nSPS) is 33.5. The summed E-state index contributed by atoms with van der Waals surface area (Å²) in [7, 11) is 0. The number of nitrogens with one attached hydrogen (secondary N) is 1. The van der Waals surface area contributed by atoms with E-state index in [0.29, 0.717) is 6.42 Å². The van der Waals surface area contributed by atoms with Crippen molar-refractivity contribution in [3.8, 4) is 0 Å². The lowest BCUT2D eigenvalue weighted by molar-refractivity contribution is -0.137. The van der Waals surface area contributed by atoms with Gasteiger partial charge in [-0.15, -0.1) is 0 Å². The van der Waals surface area contributed by atoms with Crippen LogP contribution in [0.2, 0.25) is 5.02 Å². The Morgan fingerprint density at radius 2 is 1.68 bits per heavy atom. The molecule has 5 rings (SSSR count). The molecule has 4 bridgehead atoms. The zero-order valence-corrected chi connectivity index (χ0v) is 14.6. The molecule has 0 heterocycles. The third-order valence-corrected chi connectivity index (χ3v) is 6.58. The zero-order valence-electron chi connectivity index (χ0n) is 13.8. The molecule has 0 spiro atoms. The molecule has 1 aromatic carbocycles. The van der Waals surface area contributed by atoms with E-state index in [2.05, 4.69) is 5.32 Å². The van der Waals surface area contributed by atoms with Crippen LogP contribution in [-0.4, -0.2) is 5.91 Å². The fourth-order valence-electron chi connectivity index (χ4n) is 5.83. The highest BCUT2D eigenvalue weighted by molar-refractivity contribution is 6.33. The molecule has 25 heavy (non-hydrogen) atoms. The number of carbonyl (C=O) groups excluding carboxylic acids is 1. The molecule has 1 amide bonds. The summed E-state index contributed by atoms with van der Waals surface area (Å²) in [5.74, 6) is 2.14. The second kappa shape index (κ2) is 5.90. The third kappa shape index (κ3) is 3.40. The van der Waals surface area contributed by atoms with Crippen molar-refractivity contribution in [1.29, 1.82) is 0 Å². The second-order valence-electron chi connectivity index (χ2n) is 8.33. The zero-order chi connectivity index (χ0) is 17.8. The average molecular weight is 372 g/mol. The van der Waals surface area contributed by atoms with Gasteiger partial charge in [-0.1, -0.05) is 11.6 Å². The summed E-state index contributed by atoms with van der Waals surface area (Å²) in [6, 6.07) is 3.05. The monoisotopic (exact) mass is 371 g/mol. The smallest absolute Gasteiger partial charge is 0.325 e. The summed E-state index contributed by atoms with van der Waals surface area (Å²) in [4.78, 5) is 12.5. The minimum Gasteiger partial charge on any atom is -0.325 e. The first kappa shape index (κ1) is 17.2. The lowest BCUT2D eigenvalue weighted by Gasteiger charge is -2.56. The van der Waals surface area contributed by atoms with Crippen LogP contribution in [0.3, 0.4) is 0 Å². The molecule has 6 heteroatoms.